The van der Waals surface area contributed by atoms with Crippen molar-refractivity contribution in [1.29, 1.82) is 0 Å². The zero-order valence-electron chi connectivity index (χ0n) is 21.5. The van der Waals surface area contributed by atoms with Gasteiger partial charge < -0.3 is 18.9 Å². The summed E-state index contributed by atoms with van der Waals surface area (Å²) in [6, 6.07) is 26.1. The van der Waals surface area contributed by atoms with E-state index in [-0.39, 0.29) is 12.4 Å². The summed E-state index contributed by atoms with van der Waals surface area (Å²) in [6.07, 6.45) is 1.61. The van der Waals surface area contributed by atoms with Crippen LogP contribution in [0.1, 0.15) is 18.1 Å². The Kier molecular flexibility index (Phi) is 7.20. The third-order valence-corrected chi connectivity index (χ3v) is 6.98. The second kappa shape index (κ2) is 11.2. The van der Waals surface area contributed by atoms with E-state index in [9.17, 15) is 4.79 Å². The molecule has 4 aromatic carbocycles. The van der Waals surface area contributed by atoms with Gasteiger partial charge in [0.1, 0.15) is 6.61 Å². The van der Waals surface area contributed by atoms with Gasteiger partial charge >= 0.3 is 0 Å². The molecule has 0 radical (unpaired) electrons. The van der Waals surface area contributed by atoms with E-state index in [1.165, 1.54) is 4.68 Å². The molecule has 9 heteroatoms. The minimum Gasteiger partial charge on any atom is -0.490 e. The Labute approximate surface area is 238 Å². The van der Waals surface area contributed by atoms with Gasteiger partial charge in [0.2, 0.25) is 6.79 Å². The van der Waals surface area contributed by atoms with Gasteiger partial charge in [-0.05, 0) is 64.8 Å². The van der Waals surface area contributed by atoms with Gasteiger partial charge in [-0.2, -0.15) is 9.78 Å². The molecule has 0 amide bonds. The number of aromatic nitrogens is 2. The van der Waals surface area contributed by atoms with E-state index >= 15 is 0 Å². The highest BCUT2D eigenvalue weighted by Crippen LogP contribution is 2.36. The molecular weight excluding hydrogens is 574 g/mol. The quantitative estimate of drug-likeness (QED) is 0.192. The van der Waals surface area contributed by atoms with Gasteiger partial charge in [0.05, 0.1) is 23.7 Å². The van der Waals surface area contributed by atoms with Crippen LogP contribution >= 0.6 is 15.9 Å². The van der Waals surface area contributed by atoms with E-state index < -0.39 is 0 Å². The fraction of sp³-hybridized carbons (Fsp3) is 0.129. The molecule has 0 fully saturated rings. The van der Waals surface area contributed by atoms with Crippen LogP contribution in [0, 0.1) is 0 Å². The summed E-state index contributed by atoms with van der Waals surface area (Å²) < 4.78 is 24.9. The lowest BCUT2D eigenvalue weighted by Crippen LogP contribution is -2.20. The lowest BCUT2D eigenvalue weighted by atomic mass is 10.2. The molecule has 2 heterocycles. The zero-order chi connectivity index (χ0) is 27.5. The smallest absolute Gasteiger partial charge is 0.282 e. The summed E-state index contributed by atoms with van der Waals surface area (Å²) in [7, 11) is 0. The number of benzene rings is 4. The Hall–Kier alpha value is -4.63. The SMILES string of the molecule is CCOc1cc(C=Nn2c(-c3ccccc3)nc3ccccc3c2=O)c(Br)cc1OCc1ccc2c(c1)OCO2. The number of para-hydroxylation sites is 1. The van der Waals surface area contributed by atoms with Crippen LogP contribution in [0.2, 0.25) is 0 Å². The largest absolute Gasteiger partial charge is 0.490 e. The molecule has 0 saturated carbocycles. The number of hydrogen-bond donors (Lipinski definition) is 0. The van der Waals surface area contributed by atoms with Gasteiger partial charge in [-0.1, -0.05) is 48.5 Å². The van der Waals surface area contributed by atoms with Gasteiger partial charge in [-0.15, -0.1) is 0 Å². The molecule has 0 unspecified atom stereocenters. The maximum absolute atomic E-state index is 13.5. The Morgan fingerprint density at radius 3 is 2.58 bits per heavy atom. The predicted molar refractivity (Wildman–Crippen MR) is 157 cm³/mol. The standard InChI is InChI=1S/C31H24BrN3O5/c1-2-37-28-15-22(24(32)16-29(28)38-18-20-12-13-26-27(14-20)40-19-39-26)17-33-35-30(21-8-4-3-5-9-21)34-25-11-7-6-10-23(25)31(35)36/h3-17H,2,18-19H2,1H3. The van der Waals surface area contributed by atoms with E-state index in [1.54, 1.807) is 12.3 Å². The van der Waals surface area contributed by atoms with Crippen LogP contribution in [0.4, 0.5) is 0 Å². The first-order valence-corrected chi connectivity index (χ1v) is 13.5. The van der Waals surface area contributed by atoms with Crippen LogP contribution in [0.5, 0.6) is 23.0 Å². The number of fused-ring (bicyclic) bond motifs is 2. The Morgan fingerprint density at radius 1 is 0.950 bits per heavy atom. The van der Waals surface area contributed by atoms with E-state index in [0.717, 1.165) is 21.3 Å². The topological polar surface area (TPSA) is 84.2 Å². The van der Waals surface area contributed by atoms with Crippen molar-refractivity contribution < 1.29 is 18.9 Å². The van der Waals surface area contributed by atoms with Crippen molar-refractivity contribution in [3.05, 3.63) is 111 Å². The second-order valence-corrected chi connectivity index (χ2v) is 9.76. The summed E-state index contributed by atoms with van der Waals surface area (Å²) in [4.78, 5) is 18.2. The van der Waals surface area contributed by atoms with Crippen molar-refractivity contribution in [3.63, 3.8) is 0 Å². The molecule has 0 bridgehead atoms. The van der Waals surface area contributed by atoms with Crippen molar-refractivity contribution in [1.82, 2.24) is 9.66 Å². The molecule has 8 nitrogen and oxygen atoms in total. The van der Waals surface area contributed by atoms with Gasteiger partial charge in [0, 0.05) is 15.6 Å². The molecule has 5 aromatic rings. The van der Waals surface area contributed by atoms with Crippen molar-refractivity contribution in [2.24, 2.45) is 5.10 Å². The maximum Gasteiger partial charge on any atom is 0.282 e. The number of rotatable bonds is 8. The van der Waals surface area contributed by atoms with Crippen molar-refractivity contribution in [2.45, 2.75) is 13.5 Å². The number of nitrogens with zero attached hydrogens (tertiary/aromatic N) is 3. The summed E-state index contributed by atoms with van der Waals surface area (Å²) in [6.45, 7) is 2.89. The van der Waals surface area contributed by atoms with Crippen LogP contribution in [0.3, 0.4) is 0 Å². The van der Waals surface area contributed by atoms with Crippen LogP contribution in [-0.2, 0) is 6.61 Å². The number of ether oxygens (including phenoxy) is 4. The van der Waals surface area contributed by atoms with E-state index in [2.05, 4.69) is 21.0 Å². The predicted octanol–water partition coefficient (Wildman–Crippen LogP) is 6.41. The summed E-state index contributed by atoms with van der Waals surface area (Å²) >= 11 is 3.63. The first-order valence-electron chi connectivity index (χ1n) is 12.7. The lowest BCUT2D eigenvalue weighted by Gasteiger charge is -2.14. The van der Waals surface area contributed by atoms with Crippen LogP contribution < -0.4 is 24.5 Å². The molecule has 6 rings (SSSR count). The highest BCUT2D eigenvalue weighted by molar-refractivity contribution is 9.10. The fourth-order valence-corrected chi connectivity index (χ4v) is 4.77. The van der Waals surface area contributed by atoms with Gasteiger partial charge in [-0.3, -0.25) is 4.79 Å². The average Bonchev–Trinajstić information content (AvgIpc) is 3.46. The monoisotopic (exact) mass is 597 g/mol. The number of halogens is 1. The normalized spacial score (nSPS) is 12.2. The first-order chi connectivity index (χ1) is 19.6. The highest BCUT2D eigenvalue weighted by Gasteiger charge is 2.16. The minimum atomic E-state index is -0.259. The Morgan fingerprint density at radius 2 is 1.73 bits per heavy atom. The molecule has 0 N–H and O–H groups in total. The second-order valence-electron chi connectivity index (χ2n) is 8.91. The summed E-state index contributed by atoms with van der Waals surface area (Å²) in [5, 5.41) is 5.07. The van der Waals surface area contributed by atoms with Crippen molar-refractivity contribution in [3.8, 4) is 34.4 Å². The van der Waals surface area contributed by atoms with Gasteiger partial charge in [0.15, 0.2) is 28.8 Å². The molecule has 0 saturated heterocycles. The zero-order valence-corrected chi connectivity index (χ0v) is 23.1. The highest BCUT2D eigenvalue weighted by atomic mass is 79.9. The third kappa shape index (κ3) is 5.15. The molecule has 40 heavy (non-hydrogen) atoms. The van der Waals surface area contributed by atoms with Crippen molar-refractivity contribution >= 4 is 33.0 Å². The van der Waals surface area contributed by atoms with E-state index in [0.29, 0.717) is 52.8 Å². The lowest BCUT2D eigenvalue weighted by molar-refractivity contribution is 0.174. The summed E-state index contributed by atoms with van der Waals surface area (Å²) in [5.74, 6) is 3.00. The van der Waals surface area contributed by atoms with E-state index in [1.807, 2.05) is 85.8 Å². The Bertz CT molecular complexity index is 1790. The molecular formula is C31H24BrN3O5. The average molecular weight is 598 g/mol. The van der Waals surface area contributed by atoms with Gasteiger partial charge in [0.25, 0.3) is 5.56 Å². The van der Waals surface area contributed by atoms with Gasteiger partial charge in [-0.25, -0.2) is 4.98 Å². The van der Waals surface area contributed by atoms with Crippen LogP contribution in [0.25, 0.3) is 22.3 Å². The first kappa shape index (κ1) is 25.6. The third-order valence-electron chi connectivity index (χ3n) is 6.29. The van der Waals surface area contributed by atoms with E-state index in [4.69, 9.17) is 23.9 Å². The maximum atomic E-state index is 13.5. The van der Waals surface area contributed by atoms with Crippen LogP contribution in [0.15, 0.2) is 99.3 Å². The number of hydrogen-bond acceptors (Lipinski definition) is 7. The fourth-order valence-electron chi connectivity index (χ4n) is 4.35. The molecule has 1 aromatic heterocycles. The molecule has 1 aliphatic rings. The minimum absolute atomic E-state index is 0.221. The molecule has 0 atom stereocenters. The molecule has 1 aliphatic heterocycles. The molecule has 0 aliphatic carbocycles. The molecule has 200 valence electrons. The Balaban J connectivity index is 1.34. The van der Waals surface area contributed by atoms with Crippen molar-refractivity contribution in [2.75, 3.05) is 13.4 Å². The molecule has 0 spiro atoms. The van der Waals surface area contributed by atoms with Crippen LogP contribution in [-0.4, -0.2) is 29.3 Å². The summed E-state index contributed by atoms with van der Waals surface area (Å²) in [5.41, 5.74) is 2.78.